The fourth-order valence-electron chi connectivity index (χ4n) is 2.05. The fourth-order valence-corrected chi connectivity index (χ4v) is 2.05. The standard InChI is InChI=1S/C12H25N2O2/c1-11-5-6-12(15)13(11)7-8-14(2,3)9-10-16-4/h11H,5-10H2,1-4H3/q+1. The predicted molar refractivity (Wildman–Crippen MR) is 64.1 cm³/mol. The van der Waals surface area contributed by atoms with Crippen LogP contribution in [0.3, 0.4) is 0 Å². The van der Waals surface area contributed by atoms with E-state index in [1.54, 1.807) is 7.11 Å². The highest BCUT2D eigenvalue weighted by Gasteiger charge is 2.29. The van der Waals surface area contributed by atoms with Gasteiger partial charge in [0, 0.05) is 19.6 Å². The molecular weight excluding hydrogens is 204 g/mol. The summed E-state index contributed by atoms with van der Waals surface area (Å²) in [6.45, 7) is 5.78. The van der Waals surface area contributed by atoms with Gasteiger partial charge in [0.1, 0.15) is 6.54 Å². The van der Waals surface area contributed by atoms with E-state index in [0.717, 1.165) is 43.6 Å². The molecule has 0 aromatic heterocycles. The van der Waals surface area contributed by atoms with Crippen molar-refractivity contribution >= 4 is 5.91 Å². The molecule has 0 spiro atoms. The molecule has 0 bridgehead atoms. The van der Waals surface area contributed by atoms with E-state index in [4.69, 9.17) is 4.74 Å². The van der Waals surface area contributed by atoms with Gasteiger partial charge < -0.3 is 14.1 Å². The van der Waals surface area contributed by atoms with Crippen molar-refractivity contribution in [1.82, 2.24) is 4.90 Å². The van der Waals surface area contributed by atoms with Crippen molar-refractivity contribution in [3.05, 3.63) is 0 Å². The third kappa shape index (κ3) is 3.76. The first-order valence-corrected chi connectivity index (χ1v) is 6.07. The van der Waals surface area contributed by atoms with E-state index in [-0.39, 0.29) is 0 Å². The third-order valence-electron chi connectivity index (χ3n) is 3.48. The van der Waals surface area contributed by atoms with Crippen molar-refractivity contribution in [3.8, 4) is 0 Å². The van der Waals surface area contributed by atoms with Crippen LogP contribution in [0.15, 0.2) is 0 Å². The maximum atomic E-state index is 11.6. The molecule has 1 saturated heterocycles. The number of methoxy groups -OCH3 is 1. The van der Waals surface area contributed by atoms with Crippen molar-refractivity contribution in [2.45, 2.75) is 25.8 Å². The van der Waals surface area contributed by atoms with E-state index in [1.807, 2.05) is 4.90 Å². The first kappa shape index (κ1) is 13.5. The van der Waals surface area contributed by atoms with Gasteiger partial charge in [-0.2, -0.15) is 0 Å². The van der Waals surface area contributed by atoms with E-state index in [9.17, 15) is 4.79 Å². The van der Waals surface area contributed by atoms with Gasteiger partial charge in [-0.1, -0.05) is 0 Å². The van der Waals surface area contributed by atoms with Crippen LogP contribution in [0.1, 0.15) is 19.8 Å². The number of ether oxygens (including phenoxy) is 1. The van der Waals surface area contributed by atoms with Gasteiger partial charge in [0.25, 0.3) is 0 Å². The molecule has 1 amide bonds. The molecule has 0 saturated carbocycles. The largest absolute Gasteiger partial charge is 0.379 e. The number of nitrogens with zero attached hydrogens (tertiary/aromatic N) is 2. The summed E-state index contributed by atoms with van der Waals surface area (Å²) in [4.78, 5) is 13.6. The predicted octanol–water partition coefficient (Wildman–Crippen LogP) is 0.720. The normalized spacial score (nSPS) is 21.9. The van der Waals surface area contributed by atoms with E-state index in [1.165, 1.54) is 0 Å². The maximum absolute atomic E-state index is 11.6. The summed E-state index contributed by atoms with van der Waals surface area (Å²) in [5.74, 6) is 0.319. The lowest BCUT2D eigenvalue weighted by Gasteiger charge is -2.32. The number of carbonyl (C=O) groups is 1. The number of amides is 1. The Morgan fingerprint density at radius 1 is 1.44 bits per heavy atom. The highest BCUT2D eigenvalue weighted by atomic mass is 16.5. The van der Waals surface area contributed by atoms with E-state index in [2.05, 4.69) is 21.0 Å². The Kier molecular flexibility index (Phi) is 4.74. The van der Waals surface area contributed by atoms with Gasteiger partial charge in [0.15, 0.2) is 0 Å². The van der Waals surface area contributed by atoms with E-state index in [0.29, 0.717) is 11.9 Å². The molecular formula is C12H25N2O2+. The molecule has 0 aromatic rings. The Morgan fingerprint density at radius 3 is 2.62 bits per heavy atom. The van der Waals surface area contributed by atoms with E-state index < -0.39 is 0 Å². The van der Waals surface area contributed by atoms with Gasteiger partial charge in [-0.25, -0.2) is 0 Å². The summed E-state index contributed by atoms with van der Waals surface area (Å²) in [6, 6.07) is 0.426. The molecule has 16 heavy (non-hydrogen) atoms. The highest BCUT2D eigenvalue weighted by Crippen LogP contribution is 2.17. The van der Waals surface area contributed by atoms with Crippen LogP contribution in [0.25, 0.3) is 0 Å². The third-order valence-corrected chi connectivity index (χ3v) is 3.48. The van der Waals surface area contributed by atoms with Crippen LogP contribution in [0, 0.1) is 0 Å². The zero-order valence-electron chi connectivity index (χ0n) is 11.0. The number of rotatable bonds is 6. The van der Waals surface area contributed by atoms with Crippen molar-refractivity contribution < 1.29 is 14.0 Å². The van der Waals surface area contributed by atoms with Gasteiger partial charge in [0.2, 0.25) is 5.91 Å². The second-order valence-corrected chi connectivity index (χ2v) is 5.35. The second-order valence-electron chi connectivity index (χ2n) is 5.35. The molecule has 0 radical (unpaired) electrons. The molecule has 1 atom stereocenters. The Bertz CT molecular complexity index is 241. The zero-order valence-corrected chi connectivity index (χ0v) is 11.0. The Morgan fingerprint density at radius 2 is 2.12 bits per heavy atom. The number of hydrogen-bond donors (Lipinski definition) is 0. The Balaban J connectivity index is 2.35. The van der Waals surface area contributed by atoms with Crippen molar-refractivity contribution in [3.63, 3.8) is 0 Å². The number of likely N-dealkylation sites (tertiary alicyclic amines) is 1. The average molecular weight is 229 g/mol. The van der Waals surface area contributed by atoms with Gasteiger partial charge in [-0.15, -0.1) is 0 Å². The SMILES string of the molecule is COCC[N+](C)(C)CCN1C(=O)CCC1C. The molecule has 0 aromatic carbocycles. The minimum Gasteiger partial charge on any atom is -0.379 e. The molecule has 1 fully saturated rings. The van der Waals surface area contributed by atoms with Crippen LogP contribution in [-0.2, 0) is 9.53 Å². The van der Waals surface area contributed by atoms with Gasteiger partial charge in [-0.05, 0) is 13.3 Å². The summed E-state index contributed by atoms with van der Waals surface area (Å²) < 4.78 is 6.00. The first-order valence-electron chi connectivity index (χ1n) is 6.07. The molecule has 1 unspecified atom stereocenters. The van der Waals surface area contributed by atoms with Crippen LogP contribution in [-0.4, -0.2) is 68.8 Å². The monoisotopic (exact) mass is 229 g/mol. The molecule has 1 heterocycles. The minimum absolute atomic E-state index is 0.319. The number of carbonyl (C=O) groups excluding carboxylic acids is 1. The smallest absolute Gasteiger partial charge is 0.223 e. The summed E-state index contributed by atoms with van der Waals surface area (Å²) in [5.41, 5.74) is 0. The van der Waals surface area contributed by atoms with Crippen LogP contribution >= 0.6 is 0 Å². The van der Waals surface area contributed by atoms with Gasteiger partial charge in [-0.3, -0.25) is 4.79 Å². The number of hydrogen-bond acceptors (Lipinski definition) is 2. The summed E-state index contributed by atoms with van der Waals surface area (Å²) >= 11 is 0. The topological polar surface area (TPSA) is 29.5 Å². The van der Waals surface area contributed by atoms with Crippen LogP contribution in [0.5, 0.6) is 0 Å². The highest BCUT2D eigenvalue weighted by molar-refractivity contribution is 5.78. The van der Waals surface area contributed by atoms with Crippen molar-refractivity contribution in [1.29, 1.82) is 0 Å². The minimum atomic E-state index is 0.319. The molecule has 1 aliphatic heterocycles. The van der Waals surface area contributed by atoms with E-state index >= 15 is 0 Å². The van der Waals surface area contributed by atoms with Gasteiger partial charge in [0.05, 0.1) is 33.8 Å². The lowest BCUT2D eigenvalue weighted by Crippen LogP contribution is -2.48. The van der Waals surface area contributed by atoms with Crippen LogP contribution in [0.4, 0.5) is 0 Å². The number of likely N-dealkylation sites (N-methyl/N-ethyl adjacent to an activating group) is 1. The Labute approximate surface area is 98.8 Å². The fraction of sp³-hybridized carbons (Fsp3) is 0.917. The zero-order chi connectivity index (χ0) is 12.2. The molecule has 0 N–H and O–H groups in total. The van der Waals surface area contributed by atoms with Gasteiger partial charge >= 0.3 is 0 Å². The molecule has 1 aliphatic rings. The van der Waals surface area contributed by atoms with Crippen molar-refractivity contribution in [2.75, 3.05) is 47.4 Å². The average Bonchev–Trinajstić information content (AvgIpc) is 2.53. The lowest BCUT2D eigenvalue weighted by atomic mass is 10.2. The van der Waals surface area contributed by atoms with Crippen LogP contribution in [0.2, 0.25) is 0 Å². The molecule has 0 aliphatic carbocycles. The lowest BCUT2D eigenvalue weighted by molar-refractivity contribution is -0.890. The molecule has 4 nitrogen and oxygen atoms in total. The van der Waals surface area contributed by atoms with Crippen LogP contribution < -0.4 is 0 Å². The molecule has 94 valence electrons. The second kappa shape index (κ2) is 5.64. The Hall–Kier alpha value is -0.610. The molecule has 1 rings (SSSR count). The quantitative estimate of drug-likeness (QED) is 0.628. The molecule has 4 heteroatoms. The number of quaternary nitrogens is 1. The summed E-state index contributed by atoms with van der Waals surface area (Å²) in [7, 11) is 6.10. The first-order chi connectivity index (χ1) is 7.46. The summed E-state index contributed by atoms with van der Waals surface area (Å²) in [6.07, 6.45) is 1.75. The van der Waals surface area contributed by atoms with Crippen molar-refractivity contribution in [2.24, 2.45) is 0 Å². The summed E-state index contributed by atoms with van der Waals surface area (Å²) in [5, 5.41) is 0. The maximum Gasteiger partial charge on any atom is 0.223 e.